The van der Waals surface area contributed by atoms with E-state index in [0.717, 1.165) is 0 Å². The molecule has 0 aliphatic carbocycles. The maximum Gasteiger partial charge on any atom is 0.252 e. The summed E-state index contributed by atoms with van der Waals surface area (Å²) in [6, 6.07) is 40.4. The maximum atomic E-state index is 10.2. The average Bonchev–Trinajstić information content (AvgIpc) is 1.10. The molecule has 0 unspecified atom stereocenters. The van der Waals surface area contributed by atoms with E-state index in [1.165, 1.54) is 13.7 Å². The van der Waals surface area contributed by atoms with Gasteiger partial charge in [-0.2, -0.15) is 0 Å². The molecular formula is C90H54BN5O2. The summed E-state index contributed by atoms with van der Waals surface area (Å²) in [5.41, 5.74) is 6.72. The average molecular weight is 1270 g/mol. The van der Waals surface area contributed by atoms with Gasteiger partial charge in [-0.15, -0.1) is 0 Å². The van der Waals surface area contributed by atoms with Crippen molar-refractivity contribution in [1.82, 2.24) is 13.7 Å². The number of hydrogen-bond donors (Lipinski definition) is 0. The lowest BCUT2D eigenvalue weighted by atomic mass is 9.33. The van der Waals surface area contributed by atoms with Gasteiger partial charge in [0.05, 0.1) is 93.8 Å². The van der Waals surface area contributed by atoms with Gasteiger partial charge in [0.15, 0.2) is 0 Å². The zero-order valence-electron chi connectivity index (χ0n) is 75.0. The number of benzene rings is 15. The minimum atomic E-state index is -1.09. The minimum Gasteiger partial charge on any atom is -0.456 e. The van der Waals surface area contributed by atoms with Crippen molar-refractivity contribution in [2.75, 3.05) is 9.80 Å². The Hall–Kier alpha value is -13.0. The summed E-state index contributed by atoms with van der Waals surface area (Å²) in [7, 11) is 0. The lowest BCUT2D eigenvalue weighted by molar-refractivity contribution is 0.668. The highest BCUT2D eigenvalue weighted by Crippen LogP contribution is 2.55. The van der Waals surface area contributed by atoms with E-state index in [4.69, 9.17) is 14.3 Å². The Morgan fingerprint density at radius 2 is 0.602 bits per heavy atom. The van der Waals surface area contributed by atoms with E-state index in [1.54, 1.807) is 36.4 Å². The van der Waals surface area contributed by atoms with E-state index in [2.05, 4.69) is 0 Å². The fourth-order valence-electron chi connectivity index (χ4n) is 15.6. The van der Waals surface area contributed by atoms with Gasteiger partial charge < -0.3 is 32.3 Å². The van der Waals surface area contributed by atoms with Gasteiger partial charge in [0.1, 0.15) is 22.3 Å². The van der Waals surface area contributed by atoms with Crippen LogP contribution in [0.15, 0.2) is 336 Å². The summed E-state index contributed by atoms with van der Waals surface area (Å²) < 4.78 is 247. The molecule has 0 spiro atoms. The predicted octanol–water partition coefficient (Wildman–Crippen LogP) is 22.2. The highest BCUT2D eigenvalue weighted by atomic mass is 16.3. The van der Waals surface area contributed by atoms with Gasteiger partial charge >= 0.3 is 0 Å². The van der Waals surface area contributed by atoms with Crippen LogP contribution in [-0.4, -0.2) is 20.4 Å². The molecule has 15 aromatic carbocycles. The van der Waals surface area contributed by atoms with Gasteiger partial charge in [-0.05, 0) is 137 Å². The molecule has 5 aromatic heterocycles. The number of furan rings is 2. The van der Waals surface area contributed by atoms with E-state index in [9.17, 15) is 27.4 Å². The van der Waals surface area contributed by atoms with Crippen LogP contribution in [0.3, 0.4) is 0 Å². The smallest absolute Gasteiger partial charge is 0.252 e. The van der Waals surface area contributed by atoms with E-state index < -0.39 is 152 Å². The van der Waals surface area contributed by atoms with Crippen LogP contribution in [0.25, 0.3) is 149 Å². The van der Waals surface area contributed by atoms with Crippen LogP contribution >= 0.6 is 0 Å². The second-order valence-corrected chi connectivity index (χ2v) is 24.4. The maximum absolute atomic E-state index is 10.2. The third-order valence-electron chi connectivity index (χ3n) is 19.5. The van der Waals surface area contributed by atoms with Gasteiger partial charge in [-0.3, -0.25) is 0 Å². The van der Waals surface area contributed by atoms with Crippen molar-refractivity contribution in [1.29, 1.82) is 0 Å². The second-order valence-electron chi connectivity index (χ2n) is 24.4. The lowest BCUT2D eigenvalue weighted by Crippen LogP contribution is -2.61. The summed E-state index contributed by atoms with van der Waals surface area (Å²) in [5.74, 6) is 0. The number of para-hydroxylation sites is 8. The molecule has 0 amide bonds. The molecule has 0 N–H and O–H groups in total. The quantitative estimate of drug-likeness (QED) is 0.149. The Morgan fingerprint density at radius 3 is 0.980 bits per heavy atom. The van der Waals surface area contributed by atoms with Crippen molar-refractivity contribution in [2.45, 2.75) is 0 Å². The number of anilines is 6. The molecule has 20 aromatic rings. The van der Waals surface area contributed by atoms with Crippen LogP contribution in [0.5, 0.6) is 0 Å². The van der Waals surface area contributed by atoms with Crippen LogP contribution in [0.4, 0.5) is 34.1 Å². The van der Waals surface area contributed by atoms with Crippen molar-refractivity contribution in [3.05, 3.63) is 327 Å². The van der Waals surface area contributed by atoms with E-state index >= 15 is 0 Å². The van der Waals surface area contributed by atoms with Gasteiger partial charge in [0.2, 0.25) is 0 Å². The summed E-state index contributed by atoms with van der Waals surface area (Å²) >= 11 is 0. The minimum absolute atomic E-state index is 0.0292. The van der Waals surface area contributed by atoms with Crippen LogP contribution < -0.4 is 26.2 Å². The van der Waals surface area contributed by atoms with Crippen molar-refractivity contribution in [3.8, 4) is 39.3 Å². The molecular weight excluding hydrogens is 1190 g/mol. The first-order valence-corrected chi connectivity index (χ1v) is 31.7. The monoisotopic (exact) mass is 1270 g/mol. The summed E-state index contributed by atoms with van der Waals surface area (Å²) in [4.78, 5) is 4.01. The molecule has 7 nitrogen and oxygen atoms in total. The normalized spacial score (nSPS) is 16.3. The van der Waals surface area contributed by atoms with E-state index in [1.807, 2.05) is 155 Å². The summed E-state index contributed by atoms with van der Waals surface area (Å²) in [6.07, 6.45) is 0. The molecule has 0 fully saturated rings. The van der Waals surface area contributed by atoms with Gasteiger partial charge in [0.25, 0.3) is 6.71 Å². The molecule has 7 heterocycles. The molecule has 0 saturated heterocycles. The first kappa shape index (κ1) is 35.5. The highest BCUT2D eigenvalue weighted by molar-refractivity contribution is 7.00. The molecule has 8 heteroatoms. The Morgan fingerprint density at radius 1 is 0.276 bits per heavy atom. The molecule has 0 saturated carbocycles. The topological polar surface area (TPSA) is 47.6 Å². The number of nitrogens with zero attached hydrogens (tertiary/aromatic N) is 5. The molecule has 22 rings (SSSR count). The lowest BCUT2D eigenvalue weighted by Gasteiger charge is -2.45. The number of fused-ring (bicyclic) bond motifs is 19. The summed E-state index contributed by atoms with van der Waals surface area (Å²) in [6.45, 7) is -1.09. The van der Waals surface area contributed by atoms with Crippen molar-refractivity contribution < 1.29 is 41.7 Å². The molecule has 98 heavy (non-hydrogen) atoms. The van der Waals surface area contributed by atoms with Gasteiger partial charge in [-0.1, -0.05) is 218 Å². The van der Waals surface area contributed by atoms with Crippen LogP contribution in [0.1, 0.15) is 32.9 Å². The standard InChI is InChI=1S/C90H54BN5O2/c1-3-23-55(24-4-1)60-45-49-84-86(68-33-13-21-41-82(68)97-84)89(60)95-78-51-57(92-72-35-15-7-27-62(72)63-28-8-16-36-73(63)92)43-47-70(78)91-71-48-44-58(93-74-37-17-9-29-64(74)65-30-10-18-38-75(65)93)52-79(71)96(90-61(56-25-5-2-6-26-56)46-50-85-87(90)69-34-14-22-42-83(69)98-85)81-54-59(53-80(95)88(81)91)94-76-39-19-11-31-66(76)67-32-12-20-40-77(67)94/h1-54H/i7D,8D,9D,10D,11D,12D,15D,16D,17D,18D,19D,20D,27D,28D,29D,30D,31D,32D,35D,36D,37D,38D,39D,40D. The van der Waals surface area contributed by atoms with E-state index in [-0.39, 0.29) is 93.9 Å². The molecule has 0 atom stereocenters. The third kappa shape index (κ3) is 7.37. The predicted molar refractivity (Wildman–Crippen MR) is 409 cm³/mol. The highest BCUT2D eigenvalue weighted by Gasteiger charge is 2.46. The Labute approximate surface area is 596 Å². The number of rotatable bonds is 7. The molecule has 0 bridgehead atoms. The third-order valence-corrected chi connectivity index (χ3v) is 19.5. The molecule has 2 aliphatic rings. The fourth-order valence-corrected chi connectivity index (χ4v) is 15.6. The molecule has 2 aliphatic heterocycles. The largest absolute Gasteiger partial charge is 0.456 e. The zero-order chi connectivity index (χ0) is 84.7. The molecule has 0 radical (unpaired) electrons. The molecule has 454 valence electrons. The van der Waals surface area contributed by atoms with Gasteiger partial charge in [-0.25, -0.2) is 0 Å². The Balaban J connectivity index is 1.00. The van der Waals surface area contributed by atoms with Crippen LogP contribution in [0, 0.1) is 0 Å². The van der Waals surface area contributed by atoms with E-state index in [0.29, 0.717) is 105 Å². The Kier molecular flexibility index (Phi) is 7.33. The van der Waals surface area contributed by atoms with Crippen LogP contribution in [0.2, 0.25) is 0 Å². The fraction of sp³-hybridized carbons (Fsp3) is 0. The number of aromatic nitrogens is 3. The van der Waals surface area contributed by atoms with Crippen molar-refractivity contribution in [2.24, 2.45) is 0 Å². The van der Waals surface area contributed by atoms with Crippen molar-refractivity contribution in [3.63, 3.8) is 0 Å². The van der Waals surface area contributed by atoms with Crippen LogP contribution in [-0.2, 0) is 0 Å². The number of hydrogen-bond acceptors (Lipinski definition) is 4. The van der Waals surface area contributed by atoms with Crippen molar-refractivity contribution >= 4 is 167 Å². The first-order chi connectivity index (χ1) is 58.6. The Bertz CT molecular complexity index is 7680. The second kappa shape index (κ2) is 20.2. The zero-order valence-corrected chi connectivity index (χ0v) is 51.0. The first-order valence-electron chi connectivity index (χ1n) is 43.7. The summed E-state index contributed by atoms with van der Waals surface area (Å²) in [5, 5.41) is 1.04. The SMILES string of the molecule is [2H]c1c([2H])c([2H])c2c(c1[2H])c1c([2H])c([2H])c([2H])c([2H])c1n2-c1ccc2c(c1)N(c1c(-c3ccccc3)ccc3oc4ccccc4c13)c1cc(-n3c4c([2H])c([2H])c([2H])c([2H])c4c4c([2H])c([2H])c([2H])c([2H])c43)cc3c1B2c1ccc(-n2c4c([2H])c([2H])c([2H])c([2H])c4c4c([2H])c([2H])c([2H])c([2H])c42)cc1N3c1c(-c2ccccc2)ccc2oc3ccccc3c12. The van der Waals surface area contributed by atoms with Gasteiger partial charge in [0, 0.05) is 88.3 Å².